The van der Waals surface area contributed by atoms with Crippen molar-refractivity contribution in [2.45, 2.75) is 0 Å². The molecule has 6 aromatic rings. The van der Waals surface area contributed by atoms with Crippen molar-refractivity contribution in [1.29, 1.82) is 10.5 Å². The Morgan fingerprint density at radius 3 is 0.875 bits per heavy atom. The van der Waals surface area contributed by atoms with Gasteiger partial charge in [-0.05, 0) is 83.9 Å². The summed E-state index contributed by atoms with van der Waals surface area (Å²) in [6.45, 7) is 0. The SMILES string of the molecule is N#CC(/N=C/c1ccc(N(c2ccccc2)c2ccccc2)cc1)=C(C#N)/N=C/c1ccc(N(c2ccccc2)c2ccccc2)cc1. The van der Waals surface area contributed by atoms with Gasteiger partial charge < -0.3 is 9.80 Å². The first-order valence-electron chi connectivity index (χ1n) is 15.4. The molecule has 6 nitrogen and oxygen atoms in total. The fourth-order valence-electron chi connectivity index (χ4n) is 5.19. The fourth-order valence-corrected chi connectivity index (χ4v) is 5.19. The number of anilines is 6. The molecule has 48 heavy (non-hydrogen) atoms. The molecule has 0 amide bonds. The zero-order chi connectivity index (χ0) is 33.0. The van der Waals surface area contributed by atoms with Gasteiger partial charge in [-0.3, -0.25) is 0 Å². The minimum atomic E-state index is -0.0658. The molecule has 0 atom stereocenters. The van der Waals surface area contributed by atoms with E-state index in [-0.39, 0.29) is 11.4 Å². The van der Waals surface area contributed by atoms with Crippen molar-refractivity contribution in [2.75, 3.05) is 9.80 Å². The Kier molecular flexibility index (Phi) is 9.89. The number of nitriles is 2. The van der Waals surface area contributed by atoms with Crippen molar-refractivity contribution in [3.05, 3.63) is 192 Å². The van der Waals surface area contributed by atoms with Crippen molar-refractivity contribution in [1.82, 2.24) is 0 Å². The average molecular weight is 619 g/mol. The third kappa shape index (κ3) is 7.43. The molecule has 0 saturated heterocycles. The molecule has 0 aliphatic heterocycles. The highest BCUT2D eigenvalue weighted by molar-refractivity contribution is 5.85. The van der Waals surface area contributed by atoms with E-state index in [1.807, 2.05) is 133 Å². The summed E-state index contributed by atoms with van der Waals surface area (Å²) in [5, 5.41) is 19.7. The molecule has 6 aromatic carbocycles. The van der Waals surface area contributed by atoms with Crippen molar-refractivity contribution >= 4 is 46.6 Å². The Hall–Kier alpha value is -7.02. The van der Waals surface area contributed by atoms with Gasteiger partial charge in [-0.2, -0.15) is 10.5 Å². The summed E-state index contributed by atoms with van der Waals surface area (Å²) < 4.78 is 0. The maximum absolute atomic E-state index is 9.83. The van der Waals surface area contributed by atoms with Gasteiger partial charge in [-0.25, -0.2) is 9.98 Å². The lowest BCUT2D eigenvalue weighted by atomic mass is 10.1. The fraction of sp³-hybridized carbons (Fsp3) is 0. The number of nitrogens with zero attached hydrogens (tertiary/aromatic N) is 6. The van der Waals surface area contributed by atoms with Crippen LogP contribution < -0.4 is 9.80 Å². The summed E-state index contributed by atoms with van der Waals surface area (Å²) in [5.41, 5.74) is 7.54. The van der Waals surface area contributed by atoms with Crippen molar-refractivity contribution in [3.8, 4) is 12.1 Å². The van der Waals surface area contributed by atoms with Crippen LogP contribution in [0.5, 0.6) is 0 Å². The van der Waals surface area contributed by atoms with Gasteiger partial charge in [0, 0.05) is 46.6 Å². The third-order valence-electron chi connectivity index (χ3n) is 7.48. The molecule has 6 rings (SSSR count). The lowest BCUT2D eigenvalue weighted by molar-refractivity contribution is 1.27. The van der Waals surface area contributed by atoms with Crippen molar-refractivity contribution < 1.29 is 0 Å². The van der Waals surface area contributed by atoms with Crippen LogP contribution >= 0.6 is 0 Å². The lowest BCUT2D eigenvalue weighted by Gasteiger charge is -2.25. The van der Waals surface area contributed by atoms with Crippen LogP contribution in [0.3, 0.4) is 0 Å². The summed E-state index contributed by atoms with van der Waals surface area (Å²) in [4.78, 5) is 13.0. The zero-order valence-electron chi connectivity index (χ0n) is 26.0. The maximum atomic E-state index is 9.83. The molecular weight excluding hydrogens is 589 g/mol. The van der Waals surface area contributed by atoms with Gasteiger partial charge in [0.2, 0.25) is 0 Å². The van der Waals surface area contributed by atoms with Crippen LogP contribution in [0, 0.1) is 22.7 Å². The summed E-state index contributed by atoms with van der Waals surface area (Å²) in [6, 6.07) is 60.3. The molecule has 0 saturated carbocycles. The zero-order valence-corrected chi connectivity index (χ0v) is 26.0. The number of rotatable bonds is 10. The minimum Gasteiger partial charge on any atom is -0.311 e. The van der Waals surface area contributed by atoms with Gasteiger partial charge in [0.15, 0.2) is 11.4 Å². The van der Waals surface area contributed by atoms with Crippen LogP contribution in [-0.4, -0.2) is 12.4 Å². The Labute approximate surface area is 280 Å². The molecule has 0 aliphatic rings. The summed E-state index contributed by atoms with van der Waals surface area (Å²) in [7, 11) is 0. The van der Waals surface area contributed by atoms with Gasteiger partial charge in [0.25, 0.3) is 0 Å². The lowest BCUT2D eigenvalue weighted by Crippen LogP contribution is -2.09. The Morgan fingerprint density at radius 1 is 0.375 bits per heavy atom. The molecular formula is C42H30N6. The molecule has 0 heterocycles. The number of benzene rings is 6. The first-order valence-corrected chi connectivity index (χ1v) is 15.4. The highest BCUT2D eigenvalue weighted by Crippen LogP contribution is 2.35. The molecule has 228 valence electrons. The Morgan fingerprint density at radius 2 is 0.625 bits per heavy atom. The van der Waals surface area contributed by atoms with Gasteiger partial charge in [-0.15, -0.1) is 0 Å². The molecule has 0 unspecified atom stereocenters. The molecule has 6 heteroatoms. The number of aliphatic imine (C=N–C) groups is 2. The van der Waals surface area contributed by atoms with Crippen LogP contribution in [-0.2, 0) is 0 Å². The normalized spacial score (nSPS) is 11.5. The van der Waals surface area contributed by atoms with E-state index < -0.39 is 0 Å². The molecule has 0 fully saturated rings. The molecule has 0 radical (unpaired) electrons. The van der Waals surface area contributed by atoms with Crippen LogP contribution in [0.25, 0.3) is 0 Å². The number of hydrogen-bond donors (Lipinski definition) is 0. The van der Waals surface area contributed by atoms with E-state index in [4.69, 9.17) is 0 Å². The molecule has 0 aromatic heterocycles. The van der Waals surface area contributed by atoms with E-state index in [9.17, 15) is 10.5 Å². The first kappa shape index (κ1) is 31.0. The summed E-state index contributed by atoms with van der Waals surface area (Å²) in [6.07, 6.45) is 3.14. The summed E-state index contributed by atoms with van der Waals surface area (Å²) in [5.74, 6) is 0. The van der Waals surface area contributed by atoms with E-state index in [1.54, 1.807) is 12.4 Å². The second kappa shape index (κ2) is 15.3. The number of hydrogen-bond acceptors (Lipinski definition) is 6. The van der Waals surface area contributed by atoms with E-state index >= 15 is 0 Å². The predicted molar refractivity (Wildman–Crippen MR) is 196 cm³/mol. The van der Waals surface area contributed by atoms with Crippen LogP contribution in [0.15, 0.2) is 191 Å². The van der Waals surface area contributed by atoms with Gasteiger partial charge >= 0.3 is 0 Å². The Balaban J connectivity index is 1.20. The van der Waals surface area contributed by atoms with Gasteiger partial charge in [0.05, 0.1) is 0 Å². The van der Waals surface area contributed by atoms with E-state index in [0.717, 1.165) is 45.3 Å². The second-order valence-corrected chi connectivity index (χ2v) is 10.6. The highest BCUT2D eigenvalue weighted by atomic mass is 15.1. The largest absolute Gasteiger partial charge is 0.311 e. The number of allylic oxidation sites excluding steroid dienone is 2. The minimum absolute atomic E-state index is 0.0658. The summed E-state index contributed by atoms with van der Waals surface area (Å²) >= 11 is 0. The molecule has 0 bridgehead atoms. The monoisotopic (exact) mass is 618 g/mol. The topological polar surface area (TPSA) is 78.8 Å². The maximum Gasteiger partial charge on any atom is 0.176 e. The highest BCUT2D eigenvalue weighted by Gasteiger charge is 2.13. The van der Waals surface area contributed by atoms with Crippen molar-refractivity contribution in [3.63, 3.8) is 0 Å². The third-order valence-corrected chi connectivity index (χ3v) is 7.48. The standard InChI is InChI=1S/C42H30N6/c43-29-41(45-31-33-21-25-39(26-22-33)47(35-13-5-1-6-14-35)36-15-7-2-8-16-36)42(30-44)46-32-34-23-27-40(28-24-34)48(37-17-9-3-10-18-37)38-19-11-4-12-20-38/h1-28,31-32H/b42-41-,45-31+,46-32+. The van der Waals surface area contributed by atoms with Gasteiger partial charge in [-0.1, -0.05) is 97.1 Å². The van der Waals surface area contributed by atoms with Crippen molar-refractivity contribution in [2.24, 2.45) is 9.98 Å². The quantitative estimate of drug-likeness (QED) is 0.113. The smallest absolute Gasteiger partial charge is 0.176 e. The van der Waals surface area contributed by atoms with E-state index in [1.165, 1.54) is 0 Å². The van der Waals surface area contributed by atoms with Crippen LogP contribution in [0.2, 0.25) is 0 Å². The molecule has 0 spiro atoms. The second-order valence-electron chi connectivity index (χ2n) is 10.6. The molecule has 0 N–H and O–H groups in total. The van der Waals surface area contributed by atoms with E-state index in [0.29, 0.717) is 0 Å². The first-order chi connectivity index (χ1) is 23.7. The van der Waals surface area contributed by atoms with Gasteiger partial charge in [0.1, 0.15) is 12.1 Å². The Bertz CT molecular complexity index is 1870. The van der Waals surface area contributed by atoms with Crippen LogP contribution in [0.4, 0.5) is 34.1 Å². The number of para-hydroxylation sites is 4. The molecule has 0 aliphatic carbocycles. The van der Waals surface area contributed by atoms with E-state index in [2.05, 4.69) is 68.3 Å². The average Bonchev–Trinajstić information content (AvgIpc) is 3.16. The van der Waals surface area contributed by atoms with Crippen LogP contribution in [0.1, 0.15) is 11.1 Å². The predicted octanol–water partition coefficient (Wildman–Crippen LogP) is 10.4.